The number of pyridine rings is 1. The summed E-state index contributed by atoms with van der Waals surface area (Å²) in [5.41, 5.74) is 8.94. The third kappa shape index (κ3) is 3.64. The number of rotatable bonds is 5. The van der Waals surface area contributed by atoms with Gasteiger partial charge < -0.3 is 5.43 Å². The van der Waals surface area contributed by atoms with Crippen LogP contribution in [0.2, 0.25) is 0 Å². The Morgan fingerprint density at radius 3 is 2.85 bits per heavy atom. The van der Waals surface area contributed by atoms with Crippen LogP contribution >= 0.6 is 0 Å². The van der Waals surface area contributed by atoms with E-state index >= 15 is 0 Å². The summed E-state index contributed by atoms with van der Waals surface area (Å²) in [4.78, 5) is 26.9. The summed E-state index contributed by atoms with van der Waals surface area (Å²) in [5.74, 6) is -0.782. The molecule has 20 heavy (non-hydrogen) atoms. The van der Waals surface area contributed by atoms with Crippen molar-refractivity contribution >= 4 is 18.0 Å². The number of hydrogen-bond donors (Lipinski definition) is 3. The first-order valence-corrected chi connectivity index (χ1v) is 6.13. The van der Waals surface area contributed by atoms with Crippen LogP contribution in [0.5, 0.6) is 0 Å². The smallest absolute Gasteiger partial charge is 0.247 e. The molecule has 3 N–H and O–H groups in total. The standard InChI is InChI=1S/C13H15N5O2/c1-9-11(13(20)18-16-9)2-3-12(19)17-15-8-10-4-6-14-7-5-10/h4-8,11,16H,1-3H2,(H,17,19)(H,18,20). The molecule has 0 aromatic carbocycles. The van der Waals surface area contributed by atoms with Crippen molar-refractivity contribution in [2.75, 3.05) is 0 Å². The SMILES string of the molecule is C=C1NNC(=O)C1CCC(=O)NN=Cc1ccncc1. The fourth-order valence-corrected chi connectivity index (χ4v) is 1.74. The van der Waals surface area contributed by atoms with Crippen LogP contribution in [0.1, 0.15) is 18.4 Å². The van der Waals surface area contributed by atoms with Crippen molar-refractivity contribution in [2.45, 2.75) is 12.8 Å². The van der Waals surface area contributed by atoms with Crippen LogP contribution in [0, 0.1) is 5.92 Å². The lowest BCUT2D eigenvalue weighted by atomic mass is 10.0. The molecule has 2 rings (SSSR count). The van der Waals surface area contributed by atoms with Gasteiger partial charge >= 0.3 is 0 Å². The fraction of sp³-hybridized carbons (Fsp3) is 0.231. The minimum absolute atomic E-state index is 0.164. The predicted molar refractivity (Wildman–Crippen MR) is 73.1 cm³/mol. The summed E-state index contributed by atoms with van der Waals surface area (Å²) in [7, 11) is 0. The highest BCUT2D eigenvalue weighted by atomic mass is 16.2. The molecule has 2 heterocycles. The van der Waals surface area contributed by atoms with Crippen molar-refractivity contribution in [2.24, 2.45) is 11.0 Å². The van der Waals surface area contributed by atoms with E-state index in [0.717, 1.165) is 5.56 Å². The Bertz CT molecular complexity index is 525. The van der Waals surface area contributed by atoms with Gasteiger partial charge in [0.1, 0.15) is 0 Å². The highest BCUT2D eigenvalue weighted by Gasteiger charge is 2.27. The lowest BCUT2D eigenvalue weighted by Crippen LogP contribution is -2.26. The monoisotopic (exact) mass is 273 g/mol. The highest BCUT2D eigenvalue weighted by molar-refractivity contribution is 5.85. The lowest BCUT2D eigenvalue weighted by Gasteiger charge is -2.05. The Hall–Kier alpha value is -2.70. The largest absolute Gasteiger partial charge is 0.303 e. The predicted octanol–water partition coefficient (Wildman–Crippen LogP) is 0.0762. The zero-order valence-corrected chi connectivity index (χ0v) is 10.8. The minimum Gasteiger partial charge on any atom is -0.303 e. The molecule has 1 aliphatic heterocycles. The maximum atomic E-state index is 11.6. The second kappa shape index (κ2) is 6.46. The van der Waals surface area contributed by atoms with Crippen LogP contribution in [-0.2, 0) is 9.59 Å². The van der Waals surface area contributed by atoms with Crippen LogP contribution in [0.15, 0.2) is 41.9 Å². The molecule has 1 aromatic rings. The lowest BCUT2D eigenvalue weighted by molar-refractivity contribution is -0.123. The summed E-state index contributed by atoms with van der Waals surface area (Å²) in [5, 5.41) is 3.83. The molecule has 0 aliphatic carbocycles. The molecule has 1 aliphatic rings. The molecule has 1 saturated heterocycles. The molecule has 1 fully saturated rings. The van der Waals surface area contributed by atoms with Gasteiger partial charge in [0.05, 0.1) is 12.1 Å². The van der Waals surface area contributed by atoms with Crippen molar-refractivity contribution in [1.29, 1.82) is 0 Å². The van der Waals surface area contributed by atoms with Crippen LogP contribution < -0.4 is 16.3 Å². The van der Waals surface area contributed by atoms with Gasteiger partial charge in [0.25, 0.3) is 0 Å². The molecule has 1 atom stereocenters. The van der Waals surface area contributed by atoms with E-state index in [1.54, 1.807) is 24.5 Å². The highest BCUT2D eigenvalue weighted by Crippen LogP contribution is 2.17. The van der Waals surface area contributed by atoms with Gasteiger partial charge in [-0.05, 0) is 24.1 Å². The van der Waals surface area contributed by atoms with Gasteiger partial charge in [-0.2, -0.15) is 5.10 Å². The number of nitrogens with one attached hydrogen (secondary N) is 3. The van der Waals surface area contributed by atoms with Crippen molar-refractivity contribution in [3.63, 3.8) is 0 Å². The van der Waals surface area contributed by atoms with Gasteiger partial charge in [0.2, 0.25) is 11.8 Å². The first-order chi connectivity index (χ1) is 9.66. The maximum absolute atomic E-state index is 11.6. The first-order valence-electron chi connectivity index (χ1n) is 6.13. The molecule has 0 saturated carbocycles. The number of hydrazine groups is 1. The Morgan fingerprint density at radius 1 is 1.45 bits per heavy atom. The number of carbonyl (C=O) groups excluding carboxylic acids is 2. The molecule has 0 bridgehead atoms. The van der Waals surface area contributed by atoms with E-state index in [1.165, 1.54) is 6.21 Å². The van der Waals surface area contributed by atoms with E-state index in [0.29, 0.717) is 12.1 Å². The van der Waals surface area contributed by atoms with E-state index in [4.69, 9.17) is 0 Å². The topological polar surface area (TPSA) is 95.5 Å². The molecule has 104 valence electrons. The number of carbonyl (C=O) groups is 2. The summed E-state index contributed by atoms with van der Waals surface area (Å²) < 4.78 is 0. The molecule has 7 nitrogen and oxygen atoms in total. The van der Waals surface area contributed by atoms with E-state index in [1.807, 2.05) is 0 Å². The number of hydrogen-bond acceptors (Lipinski definition) is 5. The zero-order chi connectivity index (χ0) is 14.4. The molecular weight excluding hydrogens is 258 g/mol. The molecule has 1 unspecified atom stereocenters. The zero-order valence-electron chi connectivity index (χ0n) is 10.8. The number of aromatic nitrogens is 1. The third-order valence-electron chi connectivity index (χ3n) is 2.85. The molecule has 0 radical (unpaired) electrons. The van der Waals surface area contributed by atoms with Crippen molar-refractivity contribution in [1.82, 2.24) is 21.3 Å². The van der Waals surface area contributed by atoms with Crippen molar-refractivity contribution < 1.29 is 9.59 Å². The summed E-state index contributed by atoms with van der Waals surface area (Å²) in [6.07, 6.45) is 5.41. The summed E-state index contributed by atoms with van der Waals surface area (Å²) >= 11 is 0. The van der Waals surface area contributed by atoms with E-state index in [2.05, 4.69) is 32.9 Å². The van der Waals surface area contributed by atoms with E-state index in [-0.39, 0.29) is 24.2 Å². The van der Waals surface area contributed by atoms with Crippen molar-refractivity contribution in [3.05, 3.63) is 42.4 Å². The average Bonchev–Trinajstić information content (AvgIpc) is 2.77. The molecular formula is C13H15N5O2. The quantitative estimate of drug-likeness (QED) is 0.523. The average molecular weight is 273 g/mol. The van der Waals surface area contributed by atoms with Crippen molar-refractivity contribution in [3.8, 4) is 0 Å². The minimum atomic E-state index is -0.370. The van der Waals surface area contributed by atoms with E-state index in [9.17, 15) is 9.59 Å². The Balaban J connectivity index is 1.74. The van der Waals surface area contributed by atoms with Gasteiger partial charge in [-0.25, -0.2) is 5.43 Å². The van der Waals surface area contributed by atoms with Crippen LogP contribution in [0.25, 0.3) is 0 Å². The maximum Gasteiger partial charge on any atom is 0.247 e. The second-order valence-corrected chi connectivity index (χ2v) is 4.30. The van der Waals surface area contributed by atoms with Crippen LogP contribution in [0.4, 0.5) is 0 Å². The molecule has 0 spiro atoms. The number of nitrogens with zero attached hydrogens (tertiary/aromatic N) is 2. The fourth-order valence-electron chi connectivity index (χ4n) is 1.74. The number of amides is 2. The Kier molecular flexibility index (Phi) is 4.43. The summed E-state index contributed by atoms with van der Waals surface area (Å²) in [6, 6.07) is 3.54. The molecule has 1 aromatic heterocycles. The van der Waals surface area contributed by atoms with Gasteiger partial charge in [-0.3, -0.25) is 20.0 Å². The summed E-state index contributed by atoms with van der Waals surface area (Å²) in [6.45, 7) is 3.70. The van der Waals surface area contributed by atoms with E-state index < -0.39 is 0 Å². The molecule has 2 amide bonds. The molecule has 7 heteroatoms. The van der Waals surface area contributed by atoms with Gasteiger partial charge in [0.15, 0.2) is 0 Å². The Labute approximate surface area is 116 Å². The Morgan fingerprint density at radius 2 is 2.20 bits per heavy atom. The normalized spacial score (nSPS) is 17.9. The van der Waals surface area contributed by atoms with Crippen LogP contribution in [-0.4, -0.2) is 23.0 Å². The van der Waals surface area contributed by atoms with Crippen LogP contribution in [0.3, 0.4) is 0 Å². The van der Waals surface area contributed by atoms with Gasteiger partial charge in [-0.15, -0.1) is 0 Å². The van der Waals surface area contributed by atoms with Gasteiger partial charge in [0, 0.05) is 24.5 Å². The van der Waals surface area contributed by atoms with Gasteiger partial charge in [-0.1, -0.05) is 6.58 Å². The first kappa shape index (κ1) is 13.7. The second-order valence-electron chi connectivity index (χ2n) is 4.30. The third-order valence-corrected chi connectivity index (χ3v) is 2.85. The number of hydrazone groups is 1.